The van der Waals surface area contributed by atoms with Crippen molar-refractivity contribution in [2.24, 2.45) is 0 Å². The monoisotopic (exact) mass is 262 g/mol. The maximum Gasteiger partial charge on any atom is 0.235 e. The fraction of sp³-hybridized carbons (Fsp3) is 0.154. The Labute approximate surface area is 109 Å². The summed E-state index contributed by atoms with van der Waals surface area (Å²) in [6.07, 6.45) is 2.21. The molecule has 0 unspecified atom stereocenters. The molecule has 1 aromatic carbocycles. The molecule has 4 nitrogen and oxygen atoms in total. The zero-order valence-corrected chi connectivity index (χ0v) is 10.7. The predicted molar refractivity (Wildman–Crippen MR) is 72.3 cm³/mol. The standard InChI is InChI=1S/C13H11ClN2O2/c1-8-5-11-7-10(3-4-16(17)18)13(14)15-12(11)6-9(8)2/h3-7H,1-2H3. The number of hydrogen-bond donors (Lipinski definition) is 0. The fourth-order valence-electron chi connectivity index (χ4n) is 1.69. The SMILES string of the molecule is Cc1cc2cc(C=C[N+](=O)[O-])c(Cl)nc2cc1C. The first kappa shape index (κ1) is 12.5. The van der Waals surface area contributed by atoms with E-state index in [-0.39, 0.29) is 5.15 Å². The van der Waals surface area contributed by atoms with Crippen molar-refractivity contribution in [1.82, 2.24) is 4.98 Å². The Morgan fingerprint density at radius 3 is 2.61 bits per heavy atom. The van der Waals surface area contributed by atoms with E-state index in [4.69, 9.17) is 11.6 Å². The average molecular weight is 263 g/mol. The third-order valence-electron chi connectivity index (χ3n) is 2.79. The maximum absolute atomic E-state index is 10.3. The smallest absolute Gasteiger partial charge is 0.235 e. The molecule has 0 aliphatic carbocycles. The molecule has 1 heterocycles. The summed E-state index contributed by atoms with van der Waals surface area (Å²) in [6.45, 7) is 4.01. The Balaban J connectivity index is 2.61. The van der Waals surface area contributed by atoms with Crippen molar-refractivity contribution in [2.45, 2.75) is 13.8 Å². The summed E-state index contributed by atoms with van der Waals surface area (Å²) in [7, 11) is 0. The van der Waals surface area contributed by atoms with Crippen LogP contribution in [0.2, 0.25) is 5.15 Å². The van der Waals surface area contributed by atoms with Crippen LogP contribution in [0.15, 0.2) is 24.4 Å². The van der Waals surface area contributed by atoms with E-state index in [1.54, 1.807) is 6.07 Å². The first-order chi connectivity index (χ1) is 8.47. The maximum atomic E-state index is 10.3. The van der Waals surface area contributed by atoms with Crippen LogP contribution < -0.4 is 0 Å². The Morgan fingerprint density at radius 2 is 1.94 bits per heavy atom. The third-order valence-corrected chi connectivity index (χ3v) is 3.09. The highest BCUT2D eigenvalue weighted by molar-refractivity contribution is 6.31. The van der Waals surface area contributed by atoms with Gasteiger partial charge in [0.1, 0.15) is 5.15 Å². The van der Waals surface area contributed by atoms with Crippen LogP contribution in [0, 0.1) is 24.0 Å². The molecular formula is C13H11ClN2O2. The highest BCUT2D eigenvalue weighted by Gasteiger charge is 2.05. The molecule has 0 bridgehead atoms. The van der Waals surface area contributed by atoms with E-state index in [1.807, 2.05) is 26.0 Å². The van der Waals surface area contributed by atoms with Crippen molar-refractivity contribution >= 4 is 28.6 Å². The molecule has 0 amide bonds. The average Bonchev–Trinajstić information content (AvgIpc) is 2.29. The molecule has 0 saturated heterocycles. The molecule has 0 aliphatic heterocycles. The van der Waals surface area contributed by atoms with Gasteiger partial charge in [0.05, 0.1) is 10.4 Å². The molecular weight excluding hydrogens is 252 g/mol. The lowest BCUT2D eigenvalue weighted by Gasteiger charge is -2.05. The number of pyridine rings is 1. The van der Waals surface area contributed by atoms with E-state index in [2.05, 4.69) is 4.98 Å². The van der Waals surface area contributed by atoms with Crippen LogP contribution >= 0.6 is 11.6 Å². The van der Waals surface area contributed by atoms with Gasteiger partial charge in [0.2, 0.25) is 6.20 Å². The van der Waals surface area contributed by atoms with E-state index in [9.17, 15) is 10.1 Å². The van der Waals surface area contributed by atoms with Crippen LogP contribution in [0.5, 0.6) is 0 Å². The van der Waals surface area contributed by atoms with E-state index in [0.29, 0.717) is 5.56 Å². The van der Waals surface area contributed by atoms with Crippen molar-refractivity contribution in [1.29, 1.82) is 0 Å². The summed E-state index contributed by atoms with van der Waals surface area (Å²) in [5.41, 5.74) is 3.63. The van der Waals surface area contributed by atoms with Gasteiger partial charge in [-0.15, -0.1) is 0 Å². The van der Waals surface area contributed by atoms with Gasteiger partial charge in [0.15, 0.2) is 0 Å². The number of aromatic nitrogens is 1. The lowest BCUT2D eigenvalue weighted by Crippen LogP contribution is -1.89. The molecule has 0 radical (unpaired) electrons. The zero-order chi connectivity index (χ0) is 13.3. The minimum Gasteiger partial charge on any atom is -0.259 e. The van der Waals surface area contributed by atoms with Gasteiger partial charge in [0.25, 0.3) is 0 Å². The first-order valence-electron chi connectivity index (χ1n) is 5.36. The molecule has 2 rings (SSSR count). The van der Waals surface area contributed by atoms with Crippen LogP contribution in [0.1, 0.15) is 16.7 Å². The number of nitrogens with zero attached hydrogens (tertiary/aromatic N) is 2. The zero-order valence-electron chi connectivity index (χ0n) is 9.98. The molecule has 0 saturated carbocycles. The van der Waals surface area contributed by atoms with Crippen molar-refractivity contribution in [2.75, 3.05) is 0 Å². The quantitative estimate of drug-likeness (QED) is 0.470. The van der Waals surface area contributed by atoms with Crippen LogP contribution in [0.4, 0.5) is 0 Å². The van der Waals surface area contributed by atoms with Crippen molar-refractivity contribution in [3.8, 4) is 0 Å². The summed E-state index contributed by atoms with van der Waals surface area (Å²) >= 11 is 5.99. The number of aryl methyl sites for hydroxylation is 2. The predicted octanol–water partition coefficient (Wildman–Crippen LogP) is 3.75. The van der Waals surface area contributed by atoms with Crippen molar-refractivity contribution < 1.29 is 4.92 Å². The first-order valence-corrected chi connectivity index (χ1v) is 5.74. The number of fused-ring (bicyclic) bond motifs is 1. The minimum absolute atomic E-state index is 0.267. The van der Waals surface area contributed by atoms with Gasteiger partial charge in [-0.3, -0.25) is 10.1 Å². The van der Waals surface area contributed by atoms with Gasteiger partial charge in [-0.1, -0.05) is 11.6 Å². The largest absolute Gasteiger partial charge is 0.259 e. The van der Waals surface area contributed by atoms with Crippen LogP contribution in [0.25, 0.3) is 17.0 Å². The minimum atomic E-state index is -0.527. The summed E-state index contributed by atoms with van der Waals surface area (Å²) in [5, 5.41) is 11.5. The molecule has 1 aromatic heterocycles. The second kappa shape index (κ2) is 4.74. The summed E-state index contributed by atoms with van der Waals surface area (Å²) in [5.74, 6) is 0. The van der Waals surface area contributed by atoms with Crippen molar-refractivity contribution in [3.05, 3.63) is 56.4 Å². The summed E-state index contributed by atoms with van der Waals surface area (Å²) < 4.78 is 0. The van der Waals surface area contributed by atoms with E-state index in [1.165, 1.54) is 6.08 Å². The molecule has 0 N–H and O–H groups in total. The highest BCUT2D eigenvalue weighted by Crippen LogP contribution is 2.24. The van der Waals surface area contributed by atoms with Crippen LogP contribution in [-0.4, -0.2) is 9.91 Å². The van der Waals surface area contributed by atoms with Gasteiger partial charge in [-0.05, 0) is 43.2 Å². The summed E-state index contributed by atoms with van der Waals surface area (Å²) in [4.78, 5) is 14.0. The van der Waals surface area contributed by atoms with E-state index in [0.717, 1.165) is 28.2 Å². The number of rotatable bonds is 2. The second-order valence-electron chi connectivity index (χ2n) is 4.10. The van der Waals surface area contributed by atoms with Crippen LogP contribution in [-0.2, 0) is 0 Å². The van der Waals surface area contributed by atoms with Crippen molar-refractivity contribution in [3.63, 3.8) is 0 Å². The van der Waals surface area contributed by atoms with E-state index >= 15 is 0 Å². The van der Waals surface area contributed by atoms with Gasteiger partial charge in [-0.25, -0.2) is 4.98 Å². The molecule has 0 fully saturated rings. The lowest BCUT2D eigenvalue weighted by molar-refractivity contribution is -0.400. The molecule has 18 heavy (non-hydrogen) atoms. The van der Waals surface area contributed by atoms with Crippen LogP contribution in [0.3, 0.4) is 0 Å². The van der Waals surface area contributed by atoms with Gasteiger partial charge in [0, 0.05) is 17.0 Å². The molecule has 92 valence electrons. The fourth-order valence-corrected chi connectivity index (χ4v) is 1.90. The number of halogens is 1. The number of hydrogen-bond acceptors (Lipinski definition) is 3. The Hall–Kier alpha value is -1.94. The Morgan fingerprint density at radius 1 is 1.28 bits per heavy atom. The summed E-state index contributed by atoms with van der Waals surface area (Å²) in [6, 6.07) is 5.76. The Kier molecular flexibility index (Phi) is 3.30. The Bertz CT molecular complexity index is 666. The second-order valence-corrected chi connectivity index (χ2v) is 4.46. The number of benzene rings is 1. The third kappa shape index (κ3) is 2.49. The topological polar surface area (TPSA) is 56.0 Å². The molecule has 2 aromatic rings. The molecule has 0 atom stereocenters. The van der Waals surface area contributed by atoms with Gasteiger partial charge < -0.3 is 0 Å². The van der Waals surface area contributed by atoms with E-state index < -0.39 is 4.92 Å². The molecule has 0 aliphatic rings. The molecule has 5 heteroatoms. The molecule has 0 spiro atoms. The lowest BCUT2D eigenvalue weighted by atomic mass is 10.1. The van der Waals surface area contributed by atoms with Gasteiger partial charge >= 0.3 is 0 Å². The normalized spacial score (nSPS) is 11.3. The van der Waals surface area contributed by atoms with Gasteiger partial charge in [-0.2, -0.15) is 0 Å². The number of nitro groups is 1. The highest BCUT2D eigenvalue weighted by atomic mass is 35.5.